The Kier molecular flexibility index (Phi) is 2.57. The number of halogens is 3. The van der Waals surface area contributed by atoms with Crippen molar-refractivity contribution >= 4 is 39.2 Å². The van der Waals surface area contributed by atoms with Crippen LogP contribution in [-0.4, -0.2) is 4.38 Å². The van der Waals surface area contributed by atoms with Crippen molar-refractivity contribution in [2.75, 3.05) is 0 Å². The van der Waals surface area contributed by atoms with Crippen LogP contribution in [0.25, 0.3) is 0 Å². The van der Waals surface area contributed by atoms with Gasteiger partial charge in [0, 0.05) is 10.3 Å². The van der Waals surface area contributed by atoms with Gasteiger partial charge in [0.2, 0.25) is 0 Å². The summed E-state index contributed by atoms with van der Waals surface area (Å²) in [6.45, 7) is 0. The number of rotatable bonds is 1. The monoisotopic (exact) mass is 255 g/mol. The van der Waals surface area contributed by atoms with Gasteiger partial charge in [0.25, 0.3) is 0 Å². The summed E-state index contributed by atoms with van der Waals surface area (Å²) in [5.41, 5.74) is -0.586. The lowest BCUT2D eigenvalue weighted by atomic mass is 10.3. The third-order valence-electron chi connectivity index (χ3n) is 1.61. The van der Waals surface area contributed by atoms with E-state index in [1.807, 2.05) is 0 Å². The molecule has 0 amide bonds. The molecule has 1 N–H and O–H groups in total. The van der Waals surface area contributed by atoms with Gasteiger partial charge in [0.15, 0.2) is 0 Å². The van der Waals surface area contributed by atoms with Gasteiger partial charge in [-0.05, 0) is 6.07 Å². The van der Waals surface area contributed by atoms with Crippen LogP contribution in [0.4, 0.5) is 13.2 Å². The molecule has 7 heteroatoms. The van der Waals surface area contributed by atoms with Gasteiger partial charge >= 0.3 is 6.18 Å². The molecule has 0 aliphatic carbocycles. The van der Waals surface area contributed by atoms with Crippen LogP contribution in [0.5, 0.6) is 0 Å². The fraction of sp³-hybridized carbons (Fsp3) is 0.286. The van der Waals surface area contributed by atoms with Crippen molar-refractivity contribution in [2.24, 2.45) is 0 Å². The van der Waals surface area contributed by atoms with E-state index < -0.39 is 11.7 Å². The number of nitrogens with one attached hydrogen (secondary N) is 1. The molecule has 0 aromatic carbocycles. The molecule has 1 fully saturated rings. The van der Waals surface area contributed by atoms with E-state index >= 15 is 0 Å². The molecular weight excluding hydrogens is 251 g/mol. The van der Waals surface area contributed by atoms with E-state index in [1.165, 1.54) is 29.6 Å². The SMILES string of the molecule is N=C1SC(c2cc(C(F)(F)F)cs2)S1. The molecule has 0 spiro atoms. The first kappa shape index (κ1) is 10.4. The Morgan fingerprint density at radius 1 is 1.29 bits per heavy atom. The zero-order valence-corrected chi connectivity index (χ0v) is 9.04. The van der Waals surface area contributed by atoms with Gasteiger partial charge < -0.3 is 0 Å². The van der Waals surface area contributed by atoms with E-state index in [9.17, 15) is 13.2 Å². The first-order chi connectivity index (χ1) is 6.47. The van der Waals surface area contributed by atoms with Crippen LogP contribution in [0.2, 0.25) is 0 Å². The summed E-state index contributed by atoms with van der Waals surface area (Å²) >= 11 is 3.69. The van der Waals surface area contributed by atoms with E-state index in [0.717, 1.165) is 16.7 Å². The van der Waals surface area contributed by atoms with Crippen molar-refractivity contribution in [3.8, 4) is 0 Å². The van der Waals surface area contributed by atoms with Crippen molar-refractivity contribution in [2.45, 2.75) is 10.8 Å². The normalized spacial score (nSPS) is 22.2. The summed E-state index contributed by atoms with van der Waals surface area (Å²) in [4.78, 5) is 0.684. The predicted molar refractivity (Wildman–Crippen MR) is 55.0 cm³/mol. The van der Waals surface area contributed by atoms with Crippen LogP contribution in [0.3, 0.4) is 0 Å². The largest absolute Gasteiger partial charge is 0.417 e. The maximum absolute atomic E-state index is 12.2. The van der Waals surface area contributed by atoms with Gasteiger partial charge in [-0.3, -0.25) is 5.41 Å². The zero-order valence-electron chi connectivity index (χ0n) is 6.59. The van der Waals surface area contributed by atoms with E-state index in [0.29, 0.717) is 9.25 Å². The Hall–Kier alpha value is -0.140. The zero-order chi connectivity index (χ0) is 10.3. The van der Waals surface area contributed by atoms with Crippen LogP contribution in [0, 0.1) is 5.41 Å². The lowest BCUT2D eigenvalue weighted by Gasteiger charge is -2.23. The second-order valence-corrected chi connectivity index (χ2v) is 6.32. The first-order valence-electron chi connectivity index (χ1n) is 3.54. The molecule has 0 bridgehead atoms. The summed E-state index contributed by atoms with van der Waals surface area (Å²) in [5, 5.41) is 8.27. The van der Waals surface area contributed by atoms with Crippen LogP contribution in [-0.2, 0) is 6.18 Å². The second kappa shape index (κ2) is 3.46. The Morgan fingerprint density at radius 2 is 1.93 bits per heavy atom. The van der Waals surface area contributed by atoms with Gasteiger partial charge in [-0.15, -0.1) is 11.3 Å². The first-order valence-corrected chi connectivity index (χ1v) is 6.18. The molecule has 1 aliphatic heterocycles. The van der Waals surface area contributed by atoms with Gasteiger partial charge in [-0.25, -0.2) is 0 Å². The lowest BCUT2D eigenvalue weighted by molar-refractivity contribution is -0.137. The number of thioether (sulfide) groups is 2. The highest BCUT2D eigenvalue weighted by Gasteiger charge is 2.35. The Bertz CT molecular complexity index is 363. The third-order valence-corrected chi connectivity index (χ3v) is 5.42. The van der Waals surface area contributed by atoms with E-state index in [4.69, 9.17) is 5.41 Å². The third kappa shape index (κ3) is 1.94. The molecule has 1 aliphatic rings. The van der Waals surface area contributed by atoms with Crippen LogP contribution >= 0.6 is 34.9 Å². The van der Waals surface area contributed by atoms with E-state index in [2.05, 4.69) is 0 Å². The molecule has 1 saturated heterocycles. The maximum Gasteiger partial charge on any atom is 0.417 e. The Labute approximate surface area is 90.6 Å². The molecular formula is C7H4F3NS3. The summed E-state index contributed by atoms with van der Waals surface area (Å²) in [5.74, 6) is 0. The summed E-state index contributed by atoms with van der Waals surface area (Å²) in [7, 11) is 0. The van der Waals surface area contributed by atoms with E-state index in [-0.39, 0.29) is 4.58 Å². The molecule has 0 saturated carbocycles. The van der Waals surface area contributed by atoms with Crippen LogP contribution in [0.1, 0.15) is 15.0 Å². The number of alkyl halides is 3. The fourth-order valence-electron chi connectivity index (χ4n) is 0.944. The predicted octanol–water partition coefficient (Wildman–Crippen LogP) is 4.18. The smallest absolute Gasteiger partial charge is 0.288 e. The van der Waals surface area contributed by atoms with Crippen molar-refractivity contribution in [3.05, 3.63) is 21.9 Å². The van der Waals surface area contributed by atoms with E-state index in [1.54, 1.807) is 0 Å². The van der Waals surface area contributed by atoms with Gasteiger partial charge in [0.05, 0.1) is 10.1 Å². The number of hydrogen-bond acceptors (Lipinski definition) is 4. The topological polar surface area (TPSA) is 23.9 Å². The second-order valence-electron chi connectivity index (χ2n) is 2.59. The molecule has 0 unspecified atom stereocenters. The minimum Gasteiger partial charge on any atom is -0.288 e. The van der Waals surface area contributed by atoms with Crippen LogP contribution < -0.4 is 0 Å². The highest BCUT2D eigenvalue weighted by molar-refractivity contribution is 8.52. The molecule has 1 aromatic heterocycles. The summed E-state index contributed by atoms with van der Waals surface area (Å²) in [6.07, 6.45) is -4.25. The minimum absolute atomic E-state index is 0.0106. The molecule has 1 aromatic rings. The highest BCUT2D eigenvalue weighted by Crippen LogP contribution is 2.55. The molecule has 0 radical (unpaired) electrons. The molecule has 2 rings (SSSR count). The maximum atomic E-state index is 12.2. The average molecular weight is 255 g/mol. The summed E-state index contributed by atoms with van der Waals surface area (Å²) < 4.78 is 37.1. The Balaban J connectivity index is 2.14. The van der Waals surface area contributed by atoms with Gasteiger partial charge in [0.1, 0.15) is 4.38 Å². The van der Waals surface area contributed by atoms with Crippen molar-refractivity contribution in [1.82, 2.24) is 0 Å². The average Bonchev–Trinajstić information content (AvgIpc) is 2.45. The molecule has 1 nitrogen and oxygen atoms in total. The molecule has 2 heterocycles. The quantitative estimate of drug-likeness (QED) is 0.813. The van der Waals surface area contributed by atoms with Crippen molar-refractivity contribution < 1.29 is 13.2 Å². The fourth-order valence-corrected chi connectivity index (χ4v) is 3.98. The van der Waals surface area contributed by atoms with Crippen molar-refractivity contribution in [3.63, 3.8) is 0 Å². The summed E-state index contributed by atoms with van der Waals surface area (Å²) in [6, 6.07) is 1.17. The standard InChI is InChI=1S/C7H4F3NS3/c8-7(9,10)3-1-4(12-2-3)5-13-6(11)14-5/h1-2,5,11H. The number of hydrogen-bond donors (Lipinski definition) is 1. The van der Waals surface area contributed by atoms with Crippen LogP contribution in [0.15, 0.2) is 11.4 Å². The van der Waals surface area contributed by atoms with Gasteiger partial charge in [-0.2, -0.15) is 13.2 Å². The minimum atomic E-state index is -4.25. The molecule has 14 heavy (non-hydrogen) atoms. The molecule has 0 atom stereocenters. The number of thiophene rings is 1. The van der Waals surface area contributed by atoms with Crippen molar-refractivity contribution in [1.29, 1.82) is 5.41 Å². The Morgan fingerprint density at radius 3 is 2.36 bits per heavy atom. The van der Waals surface area contributed by atoms with Gasteiger partial charge in [-0.1, -0.05) is 23.5 Å². The molecule has 76 valence electrons. The highest BCUT2D eigenvalue weighted by atomic mass is 32.3. The lowest BCUT2D eigenvalue weighted by Crippen LogP contribution is -2.05.